The summed E-state index contributed by atoms with van der Waals surface area (Å²) < 4.78 is 1.80. The van der Waals surface area contributed by atoms with E-state index in [1.54, 1.807) is 17.1 Å². The molecule has 10 heteroatoms. The number of aliphatic hydroxyl groups is 1. The highest BCUT2D eigenvalue weighted by Gasteiger charge is 2.46. The number of fused-ring (bicyclic) bond motifs is 2. The predicted octanol–water partition coefficient (Wildman–Crippen LogP) is 1.59. The van der Waals surface area contributed by atoms with Crippen molar-refractivity contribution in [3.8, 4) is 11.8 Å². The van der Waals surface area contributed by atoms with Crippen LogP contribution in [0.5, 0.6) is 0 Å². The molecule has 0 unspecified atom stereocenters. The Balaban J connectivity index is 1.16. The first-order valence-corrected chi connectivity index (χ1v) is 12.0. The fourth-order valence-corrected chi connectivity index (χ4v) is 5.55. The number of nitrogens with two attached hydrogens (primary N) is 2. The van der Waals surface area contributed by atoms with Crippen LogP contribution in [0.2, 0.25) is 0 Å². The molecule has 0 bridgehead atoms. The first-order chi connectivity index (χ1) is 17.6. The molecule has 0 amide bonds. The van der Waals surface area contributed by atoms with Gasteiger partial charge >= 0.3 is 0 Å². The number of hydrogen-bond acceptors (Lipinski definition) is 9. The average Bonchev–Trinajstić information content (AvgIpc) is 3.44. The summed E-state index contributed by atoms with van der Waals surface area (Å²) in [5, 5.41) is 10.0. The van der Waals surface area contributed by atoms with Gasteiger partial charge in [0.15, 0.2) is 17.3 Å². The van der Waals surface area contributed by atoms with E-state index < -0.39 is 0 Å². The minimum absolute atomic E-state index is 0.0624. The Morgan fingerprint density at radius 2 is 1.94 bits per heavy atom. The molecule has 36 heavy (non-hydrogen) atoms. The molecule has 10 nitrogen and oxygen atoms in total. The number of anilines is 2. The quantitative estimate of drug-likeness (QED) is 0.371. The van der Waals surface area contributed by atoms with E-state index in [-0.39, 0.29) is 18.1 Å². The van der Waals surface area contributed by atoms with Gasteiger partial charge in [-0.3, -0.25) is 0 Å². The Morgan fingerprint density at radius 3 is 2.75 bits per heavy atom. The number of benzene rings is 1. The third-order valence-electron chi connectivity index (χ3n) is 7.52. The molecule has 1 atom stereocenters. The van der Waals surface area contributed by atoms with E-state index in [2.05, 4.69) is 65.9 Å². The molecule has 3 aromatic heterocycles. The van der Waals surface area contributed by atoms with Crippen LogP contribution in [0, 0.1) is 17.3 Å². The maximum absolute atomic E-state index is 10.0. The summed E-state index contributed by atoms with van der Waals surface area (Å²) in [4.78, 5) is 23.8. The first-order valence-electron chi connectivity index (χ1n) is 12.0. The lowest BCUT2D eigenvalue weighted by Gasteiger charge is -2.42. The Bertz CT molecular complexity index is 1490. The molecule has 4 heterocycles. The maximum Gasteiger partial charge on any atom is 0.166 e. The van der Waals surface area contributed by atoms with Gasteiger partial charge in [-0.1, -0.05) is 30.2 Å². The van der Waals surface area contributed by atoms with Gasteiger partial charge in [-0.25, -0.2) is 24.9 Å². The molecule has 1 spiro atoms. The van der Waals surface area contributed by atoms with Crippen LogP contribution in [-0.4, -0.2) is 47.7 Å². The number of piperidine rings is 1. The molecule has 182 valence electrons. The summed E-state index contributed by atoms with van der Waals surface area (Å²) in [6.07, 6.45) is 7.68. The van der Waals surface area contributed by atoms with Crippen molar-refractivity contribution < 1.29 is 5.11 Å². The SMILES string of the molecule is Nc1ncnc2c1ncn2CC#Cc1cnc(N2CCC3(CC2)Cc2ccccc2[C@H]3N)c(CO)n1. The summed E-state index contributed by atoms with van der Waals surface area (Å²) in [5.74, 6) is 7.16. The van der Waals surface area contributed by atoms with Gasteiger partial charge in [0.2, 0.25) is 0 Å². The molecule has 1 fully saturated rings. The van der Waals surface area contributed by atoms with Crippen LogP contribution in [0.3, 0.4) is 0 Å². The predicted molar refractivity (Wildman–Crippen MR) is 136 cm³/mol. The second-order valence-corrected chi connectivity index (χ2v) is 9.49. The zero-order valence-electron chi connectivity index (χ0n) is 19.8. The normalized spacial score (nSPS) is 18.3. The van der Waals surface area contributed by atoms with Crippen molar-refractivity contribution in [1.29, 1.82) is 0 Å². The highest BCUT2D eigenvalue weighted by molar-refractivity contribution is 5.81. The van der Waals surface area contributed by atoms with Gasteiger partial charge in [0, 0.05) is 19.1 Å². The minimum atomic E-state index is -0.202. The van der Waals surface area contributed by atoms with Crippen molar-refractivity contribution in [2.45, 2.75) is 38.5 Å². The fraction of sp³-hybridized carbons (Fsp3) is 0.346. The Hall–Kier alpha value is -4.07. The van der Waals surface area contributed by atoms with Gasteiger partial charge in [-0.05, 0) is 41.7 Å². The molecular weight excluding hydrogens is 454 g/mol. The number of nitrogens with zero attached hydrogens (tertiary/aromatic N) is 7. The number of aliphatic hydroxyl groups excluding tert-OH is 1. The summed E-state index contributed by atoms with van der Waals surface area (Å²) in [6, 6.07) is 8.59. The van der Waals surface area contributed by atoms with E-state index in [9.17, 15) is 5.11 Å². The highest BCUT2D eigenvalue weighted by atomic mass is 16.3. The second kappa shape index (κ2) is 8.86. The number of aromatic nitrogens is 6. The molecule has 4 aromatic rings. The molecule has 0 saturated carbocycles. The number of hydrogen-bond donors (Lipinski definition) is 3. The molecule has 0 radical (unpaired) electrons. The maximum atomic E-state index is 10.0. The van der Waals surface area contributed by atoms with Crippen molar-refractivity contribution in [2.75, 3.05) is 23.7 Å². The van der Waals surface area contributed by atoms with Crippen molar-refractivity contribution in [2.24, 2.45) is 11.1 Å². The summed E-state index contributed by atoms with van der Waals surface area (Å²) in [6.45, 7) is 1.81. The standard InChI is InChI=1S/C26H27N9O/c27-22-19-6-2-1-4-17(19)12-26(22)7-10-34(11-8-26)24-20(14-36)33-18(13-29-24)5-3-9-35-16-32-21-23(28)30-15-31-25(21)35/h1-2,4,6,13,15-16,22,36H,7-12,14,27H2,(H2,28,30,31)/t22-/m1/s1. The molecule has 1 aromatic carbocycles. The van der Waals surface area contributed by atoms with E-state index in [1.165, 1.54) is 17.5 Å². The smallest absolute Gasteiger partial charge is 0.166 e. The lowest BCUT2D eigenvalue weighted by Crippen LogP contribution is -2.45. The van der Waals surface area contributed by atoms with Crippen LogP contribution >= 0.6 is 0 Å². The Kier molecular flexibility index (Phi) is 5.51. The molecule has 6 rings (SSSR count). The zero-order valence-corrected chi connectivity index (χ0v) is 19.8. The molecule has 1 aliphatic heterocycles. The molecular formula is C26H27N9O. The fourth-order valence-electron chi connectivity index (χ4n) is 5.55. The van der Waals surface area contributed by atoms with E-state index in [4.69, 9.17) is 11.5 Å². The third kappa shape index (κ3) is 3.73. The lowest BCUT2D eigenvalue weighted by atomic mass is 9.73. The van der Waals surface area contributed by atoms with Gasteiger partial charge in [0.05, 0.1) is 25.7 Å². The topological polar surface area (TPSA) is 145 Å². The van der Waals surface area contributed by atoms with Crippen LogP contribution < -0.4 is 16.4 Å². The van der Waals surface area contributed by atoms with E-state index in [0.29, 0.717) is 34.9 Å². The first kappa shape index (κ1) is 22.4. The van der Waals surface area contributed by atoms with Crippen molar-refractivity contribution in [3.05, 3.63) is 65.6 Å². The Labute approximate surface area is 208 Å². The molecule has 1 aliphatic carbocycles. The number of nitrogen functional groups attached to an aromatic ring is 1. The van der Waals surface area contributed by atoms with E-state index >= 15 is 0 Å². The van der Waals surface area contributed by atoms with Crippen LogP contribution in [0.25, 0.3) is 11.2 Å². The molecule has 1 saturated heterocycles. The highest BCUT2D eigenvalue weighted by Crippen LogP contribution is 2.50. The number of imidazole rings is 1. The average molecular weight is 482 g/mol. The van der Waals surface area contributed by atoms with Crippen molar-refractivity contribution >= 4 is 22.8 Å². The van der Waals surface area contributed by atoms with Crippen molar-refractivity contribution in [1.82, 2.24) is 29.5 Å². The summed E-state index contributed by atoms with van der Waals surface area (Å²) in [5.41, 5.74) is 17.5. The van der Waals surface area contributed by atoms with Gasteiger partial charge in [0.25, 0.3) is 0 Å². The van der Waals surface area contributed by atoms with Crippen LogP contribution in [0.15, 0.2) is 43.1 Å². The number of rotatable bonds is 3. The van der Waals surface area contributed by atoms with Gasteiger partial charge in [-0.2, -0.15) is 0 Å². The van der Waals surface area contributed by atoms with Gasteiger partial charge in [-0.15, -0.1) is 0 Å². The summed E-state index contributed by atoms with van der Waals surface area (Å²) in [7, 11) is 0. The van der Waals surface area contributed by atoms with Crippen LogP contribution in [0.1, 0.15) is 41.4 Å². The largest absolute Gasteiger partial charge is 0.390 e. The van der Waals surface area contributed by atoms with Crippen LogP contribution in [0.4, 0.5) is 11.6 Å². The van der Waals surface area contributed by atoms with Gasteiger partial charge < -0.3 is 26.0 Å². The van der Waals surface area contributed by atoms with E-state index in [0.717, 1.165) is 38.2 Å². The van der Waals surface area contributed by atoms with Gasteiger partial charge in [0.1, 0.15) is 23.2 Å². The summed E-state index contributed by atoms with van der Waals surface area (Å²) >= 11 is 0. The zero-order chi connectivity index (χ0) is 24.7. The Morgan fingerprint density at radius 1 is 1.11 bits per heavy atom. The van der Waals surface area contributed by atoms with E-state index in [1.807, 2.05) is 0 Å². The second-order valence-electron chi connectivity index (χ2n) is 9.49. The minimum Gasteiger partial charge on any atom is -0.390 e. The molecule has 5 N–H and O–H groups in total. The lowest BCUT2D eigenvalue weighted by molar-refractivity contribution is 0.186. The third-order valence-corrected chi connectivity index (χ3v) is 7.52. The monoisotopic (exact) mass is 481 g/mol. The van der Waals surface area contributed by atoms with Crippen LogP contribution in [-0.2, 0) is 19.6 Å². The van der Waals surface area contributed by atoms with Crippen molar-refractivity contribution in [3.63, 3.8) is 0 Å². The molecule has 2 aliphatic rings.